The van der Waals surface area contributed by atoms with E-state index >= 15 is 0 Å². The van der Waals surface area contributed by atoms with Gasteiger partial charge in [0.25, 0.3) is 15.9 Å². The van der Waals surface area contributed by atoms with Crippen LogP contribution in [0.4, 0.5) is 5.69 Å². The number of hydrogen-bond acceptors (Lipinski definition) is 6. The average molecular weight is 488 g/mol. The summed E-state index contributed by atoms with van der Waals surface area (Å²) in [4.78, 5) is 4.91. The third kappa shape index (κ3) is 4.30. The monoisotopic (exact) mass is 487 g/mol. The maximum absolute atomic E-state index is 12.9. The Morgan fingerprint density at radius 2 is 1.69 bits per heavy atom. The lowest BCUT2D eigenvalue weighted by atomic mass is 10.2. The first-order chi connectivity index (χ1) is 16.7. The van der Waals surface area contributed by atoms with Gasteiger partial charge in [-0.25, -0.2) is 13.4 Å². The van der Waals surface area contributed by atoms with Gasteiger partial charge >= 0.3 is 0 Å². The van der Waals surface area contributed by atoms with Gasteiger partial charge in [-0.3, -0.25) is 9.12 Å². The number of ether oxygens (including phenoxy) is 1. The van der Waals surface area contributed by atoms with Gasteiger partial charge in [0.05, 0.1) is 15.9 Å². The number of anilines is 1. The number of aryl methyl sites for hydroxylation is 2. The highest BCUT2D eigenvalue weighted by Gasteiger charge is 2.19. The van der Waals surface area contributed by atoms with E-state index in [0.717, 1.165) is 22.4 Å². The minimum Gasteiger partial charge on any atom is -0.436 e. The number of rotatable bonds is 6. The Hall–Kier alpha value is -3.98. The van der Waals surface area contributed by atoms with Crippen molar-refractivity contribution in [3.8, 4) is 11.6 Å². The topological polar surface area (TPSA) is 98.5 Å². The highest BCUT2D eigenvalue weighted by atomic mass is 32.2. The summed E-state index contributed by atoms with van der Waals surface area (Å²) in [5.41, 5.74) is 4.17. The molecule has 0 radical (unpaired) electrons. The fourth-order valence-corrected chi connectivity index (χ4v) is 5.32. The Balaban J connectivity index is 1.46. The van der Waals surface area contributed by atoms with Crippen LogP contribution in [-0.4, -0.2) is 28.0 Å². The van der Waals surface area contributed by atoms with E-state index in [9.17, 15) is 8.42 Å². The first-order valence-electron chi connectivity index (χ1n) is 11.2. The maximum Gasteiger partial charge on any atom is 0.266 e. The number of hydrogen-bond donors (Lipinski definition) is 1. The van der Waals surface area contributed by atoms with Crippen molar-refractivity contribution >= 4 is 32.4 Å². The molecule has 1 N–H and O–H groups in total. The molecule has 0 saturated carbocycles. The second kappa shape index (κ2) is 8.66. The predicted molar refractivity (Wildman–Crippen MR) is 136 cm³/mol. The second-order valence-electron chi connectivity index (χ2n) is 8.78. The van der Waals surface area contributed by atoms with Crippen LogP contribution in [0.1, 0.15) is 36.7 Å². The Morgan fingerprint density at radius 3 is 2.43 bits per heavy atom. The van der Waals surface area contributed by atoms with Crippen LogP contribution in [0.25, 0.3) is 16.7 Å². The molecular formula is C26H25N5O3S. The van der Waals surface area contributed by atoms with Gasteiger partial charge in [-0.2, -0.15) is 0 Å². The number of para-hydroxylation sites is 2. The molecule has 0 aliphatic heterocycles. The molecule has 0 fully saturated rings. The summed E-state index contributed by atoms with van der Waals surface area (Å²) in [6.45, 7) is 7.76. The van der Waals surface area contributed by atoms with E-state index in [0.29, 0.717) is 28.5 Å². The normalized spacial score (nSPS) is 11.9. The summed E-state index contributed by atoms with van der Waals surface area (Å²) < 4.78 is 36.5. The molecule has 0 saturated heterocycles. The third-order valence-corrected chi connectivity index (χ3v) is 7.22. The minimum atomic E-state index is -3.72. The summed E-state index contributed by atoms with van der Waals surface area (Å²) in [6.07, 6.45) is 0. The zero-order chi connectivity index (χ0) is 24.7. The van der Waals surface area contributed by atoms with Gasteiger partial charge < -0.3 is 4.74 Å². The average Bonchev–Trinajstić information content (AvgIpc) is 3.28. The van der Waals surface area contributed by atoms with Crippen molar-refractivity contribution in [2.75, 3.05) is 4.72 Å². The Morgan fingerprint density at radius 1 is 0.943 bits per heavy atom. The molecule has 35 heavy (non-hydrogen) atoms. The molecule has 8 nitrogen and oxygen atoms in total. The van der Waals surface area contributed by atoms with E-state index in [1.807, 2.05) is 41.7 Å². The fraction of sp³-hybridized carbons (Fsp3) is 0.192. The molecule has 0 spiro atoms. The molecule has 0 bridgehead atoms. The summed E-state index contributed by atoms with van der Waals surface area (Å²) in [6, 6.07) is 19.8. The van der Waals surface area contributed by atoms with Gasteiger partial charge in [0.1, 0.15) is 11.6 Å². The first kappa shape index (κ1) is 22.8. The molecule has 0 amide bonds. The largest absolute Gasteiger partial charge is 0.436 e. The highest BCUT2D eigenvalue weighted by molar-refractivity contribution is 7.92. The summed E-state index contributed by atoms with van der Waals surface area (Å²) >= 11 is 0. The van der Waals surface area contributed by atoms with Crippen molar-refractivity contribution in [3.63, 3.8) is 0 Å². The van der Waals surface area contributed by atoms with Crippen molar-refractivity contribution < 1.29 is 13.2 Å². The van der Waals surface area contributed by atoms with Crippen molar-refractivity contribution in [3.05, 3.63) is 83.7 Å². The van der Waals surface area contributed by atoms with Crippen molar-refractivity contribution in [1.82, 2.24) is 19.6 Å². The van der Waals surface area contributed by atoms with Gasteiger partial charge in [-0.1, -0.05) is 38.1 Å². The molecule has 0 atom stereocenters. The van der Waals surface area contributed by atoms with Crippen LogP contribution >= 0.6 is 0 Å². The molecule has 2 aromatic heterocycles. The van der Waals surface area contributed by atoms with Crippen LogP contribution < -0.4 is 9.46 Å². The first-order valence-corrected chi connectivity index (χ1v) is 12.7. The molecule has 9 heteroatoms. The smallest absolute Gasteiger partial charge is 0.266 e. The summed E-state index contributed by atoms with van der Waals surface area (Å²) in [5.74, 6) is 1.80. The van der Waals surface area contributed by atoms with Gasteiger partial charge in [0.15, 0.2) is 0 Å². The molecule has 0 aliphatic carbocycles. The molecule has 178 valence electrons. The molecule has 0 unspecified atom stereocenters. The number of aromatic nitrogens is 4. The van der Waals surface area contributed by atoms with Crippen LogP contribution in [0.3, 0.4) is 0 Å². The highest BCUT2D eigenvalue weighted by Crippen LogP contribution is 2.30. The quantitative estimate of drug-likeness (QED) is 0.334. The Kier molecular flexibility index (Phi) is 5.64. The second-order valence-corrected chi connectivity index (χ2v) is 10.4. The number of nitrogens with zero attached hydrogens (tertiary/aromatic N) is 4. The van der Waals surface area contributed by atoms with Crippen molar-refractivity contribution in [2.45, 2.75) is 38.5 Å². The zero-order valence-electron chi connectivity index (χ0n) is 19.9. The third-order valence-electron chi connectivity index (χ3n) is 5.69. The van der Waals surface area contributed by atoms with Crippen LogP contribution in [0.2, 0.25) is 0 Å². The minimum absolute atomic E-state index is 0.160. The summed E-state index contributed by atoms with van der Waals surface area (Å²) in [7, 11) is -3.72. The molecule has 5 aromatic rings. The van der Waals surface area contributed by atoms with Crippen molar-refractivity contribution in [1.29, 1.82) is 0 Å². The molecule has 2 heterocycles. The number of benzene rings is 3. The number of nitrogens with one attached hydrogen (secondary N) is 1. The lowest BCUT2D eigenvalue weighted by molar-refractivity contribution is 0.467. The molecule has 3 aromatic carbocycles. The van der Waals surface area contributed by atoms with E-state index in [1.165, 1.54) is 0 Å². The predicted octanol–water partition coefficient (Wildman–Crippen LogP) is 5.61. The number of fused-ring (bicyclic) bond motifs is 3. The number of sulfonamides is 1. The van der Waals surface area contributed by atoms with Gasteiger partial charge in [0.2, 0.25) is 5.65 Å². The van der Waals surface area contributed by atoms with Gasteiger partial charge in [-0.05, 0) is 67.4 Å². The Labute approximate surface area is 203 Å². The van der Waals surface area contributed by atoms with E-state index < -0.39 is 10.0 Å². The molecule has 0 aliphatic rings. The molecule has 5 rings (SSSR count). The van der Waals surface area contributed by atoms with Gasteiger partial charge in [-0.15, -0.1) is 10.2 Å². The maximum atomic E-state index is 12.9. The standard InChI is InChI=1S/C26H25N5O3S/c1-16(2)24-28-29-25-26(27-21-7-5-6-8-22(21)31(24)25)34-20-13-11-19(12-14-20)30-35(32,33)23-15-17(3)9-10-18(23)4/h5-16,30H,1-4H3. The van der Waals surface area contributed by atoms with Crippen LogP contribution in [0, 0.1) is 13.8 Å². The SMILES string of the molecule is Cc1ccc(C)c(S(=O)(=O)Nc2ccc(Oc3nc4ccccc4n4c(C(C)C)nnc34)cc2)c1. The Bertz CT molecular complexity index is 1660. The van der Waals surface area contributed by atoms with Crippen LogP contribution in [0.15, 0.2) is 71.6 Å². The fourth-order valence-electron chi connectivity index (χ4n) is 3.93. The van der Waals surface area contributed by atoms with E-state index in [-0.39, 0.29) is 10.8 Å². The van der Waals surface area contributed by atoms with Crippen LogP contribution in [0.5, 0.6) is 11.6 Å². The van der Waals surface area contributed by atoms with Crippen LogP contribution in [-0.2, 0) is 10.0 Å². The lowest BCUT2D eigenvalue weighted by Crippen LogP contribution is -2.14. The zero-order valence-corrected chi connectivity index (χ0v) is 20.7. The van der Waals surface area contributed by atoms with Crippen molar-refractivity contribution in [2.24, 2.45) is 0 Å². The summed E-state index contributed by atoms with van der Waals surface area (Å²) in [5, 5.41) is 8.69. The van der Waals surface area contributed by atoms with Gasteiger partial charge in [0, 0.05) is 11.6 Å². The molecular weight excluding hydrogens is 462 g/mol. The van der Waals surface area contributed by atoms with E-state index in [4.69, 9.17) is 4.74 Å². The lowest BCUT2D eigenvalue weighted by Gasteiger charge is -2.12. The van der Waals surface area contributed by atoms with E-state index in [1.54, 1.807) is 43.3 Å². The van der Waals surface area contributed by atoms with E-state index in [2.05, 4.69) is 33.8 Å².